The molecule has 0 saturated carbocycles. The van der Waals surface area contributed by atoms with Gasteiger partial charge in [0.1, 0.15) is 0 Å². The fourth-order valence-electron chi connectivity index (χ4n) is 2.88. The van der Waals surface area contributed by atoms with Crippen molar-refractivity contribution in [2.75, 3.05) is 52.3 Å². The van der Waals surface area contributed by atoms with Crippen LogP contribution >= 0.6 is 0 Å². The normalized spacial score (nSPS) is 15.2. The zero-order valence-electron chi connectivity index (χ0n) is 15.0. The molecule has 1 aliphatic heterocycles. The molecular weight excluding hydrogens is 306 g/mol. The van der Waals surface area contributed by atoms with Crippen molar-refractivity contribution in [2.45, 2.75) is 26.2 Å². The van der Waals surface area contributed by atoms with Crippen LogP contribution in [0.1, 0.15) is 26.2 Å². The van der Waals surface area contributed by atoms with E-state index in [9.17, 15) is 4.79 Å². The van der Waals surface area contributed by atoms with Gasteiger partial charge in [-0.05, 0) is 25.1 Å². The summed E-state index contributed by atoms with van der Waals surface area (Å²) in [5, 5.41) is 2.94. The van der Waals surface area contributed by atoms with Gasteiger partial charge in [-0.15, -0.1) is 0 Å². The number of hydrogen-bond donors (Lipinski definition) is 1. The zero-order chi connectivity index (χ0) is 17.4. The first-order chi connectivity index (χ1) is 11.7. The molecule has 2 amide bonds. The van der Waals surface area contributed by atoms with Gasteiger partial charge in [0.25, 0.3) is 0 Å². The highest BCUT2D eigenvalue weighted by Crippen LogP contribution is 2.29. The summed E-state index contributed by atoms with van der Waals surface area (Å²) in [6.07, 6.45) is 3.77. The fourth-order valence-corrected chi connectivity index (χ4v) is 2.88. The van der Waals surface area contributed by atoms with E-state index in [0.717, 1.165) is 32.7 Å². The van der Waals surface area contributed by atoms with Crippen molar-refractivity contribution < 1.29 is 14.3 Å². The lowest BCUT2D eigenvalue weighted by atomic mass is 10.2. The van der Waals surface area contributed by atoms with Crippen molar-refractivity contribution in [1.29, 1.82) is 0 Å². The van der Waals surface area contributed by atoms with Crippen molar-refractivity contribution in [2.24, 2.45) is 0 Å². The third-order valence-electron chi connectivity index (χ3n) is 4.37. The van der Waals surface area contributed by atoms with Crippen LogP contribution in [-0.4, -0.2) is 62.8 Å². The zero-order valence-corrected chi connectivity index (χ0v) is 15.0. The topological polar surface area (TPSA) is 54.0 Å². The predicted molar refractivity (Wildman–Crippen MR) is 96.1 cm³/mol. The first-order valence-electron chi connectivity index (χ1n) is 8.68. The maximum atomic E-state index is 12.4. The Balaban J connectivity index is 1.83. The molecule has 0 atom stereocenters. The summed E-state index contributed by atoms with van der Waals surface area (Å²) in [4.78, 5) is 16.7. The number of nitrogens with zero attached hydrogens (tertiary/aromatic N) is 2. The molecule has 0 aliphatic carbocycles. The SMILES string of the molecule is CCCCCN1CCN(C(=O)Nc2ccc(OC)c(OC)c2)CC1. The molecule has 1 heterocycles. The van der Waals surface area contributed by atoms with Crippen LogP contribution in [0.4, 0.5) is 10.5 Å². The van der Waals surface area contributed by atoms with E-state index in [1.54, 1.807) is 26.4 Å². The molecule has 0 radical (unpaired) electrons. The summed E-state index contributed by atoms with van der Waals surface area (Å²) >= 11 is 0. The molecule has 1 saturated heterocycles. The van der Waals surface area contributed by atoms with Gasteiger partial charge in [0.15, 0.2) is 11.5 Å². The van der Waals surface area contributed by atoms with Crippen LogP contribution in [0.15, 0.2) is 18.2 Å². The number of nitrogens with one attached hydrogen (secondary N) is 1. The number of urea groups is 1. The molecule has 1 aromatic carbocycles. The number of hydrogen-bond acceptors (Lipinski definition) is 4. The van der Waals surface area contributed by atoms with E-state index < -0.39 is 0 Å². The average Bonchev–Trinajstić information content (AvgIpc) is 2.62. The molecular formula is C18H29N3O3. The second-order valence-electron chi connectivity index (χ2n) is 6.04. The maximum Gasteiger partial charge on any atom is 0.321 e. The first kappa shape index (κ1) is 18.4. The summed E-state index contributed by atoms with van der Waals surface area (Å²) in [5.41, 5.74) is 0.711. The smallest absolute Gasteiger partial charge is 0.321 e. The van der Waals surface area contributed by atoms with Gasteiger partial charge in [0, 0.05) is 37.9 Å². The third-order valence-corrected chi connectivity index (χ3v) is 4.37. The first-order valence-corrected chi connectivity index (χ1v) is 8.68. The average molecular weight is 335 g/mol. The molecule has 0 bridgehead atoms. The molecule has 0 spiro atoms. The van der Waals surface area contributed by atoms with Gasteiger partial charge in [-0.1, -0.05) is 19.8 Å². The largest absolute Gasteiger partial charge is 0.493 e. The minimum atomic E-state index is -0.0598. The highest BCUT2D eigenvalue weighted by atomic mass is 16.5. The van der Waals surface area contributed by atoms with E-state index >= 15 is 0 Å². The highest BCUT2D eigenvalue weighted by molar-refractivity contribution is 5.89. The Kier molecular flexibility index (Phi) is 7.18. The molecule has 0 unspecified atom stereocenters. The lowest BCUT2D eigenvalue weighted by Crippen LogP contribution is -2.50. The van der Waals surface area contributed by atoms with Gasteiger partial charge in [0.2, 0.25) is 0 Å². The van der Waals surface area contributed by atoms with Crippen LogP contribution in [-0.2, 0) is 0 Å². The van der Waals surface area contributed by atoms with Crippen molar-refractivity contribution in [3.63, 3.8) is 0 Å². The van der Waals surface area contributed by atoms with Gasteiger partial charge < -0.3 is 19.7 Å². The Hall–Kier alpha value is -1.95. The summed E-state index contributed by atoms with van der Waals surface area (Å²) in [6.45, 7) is 6.79. The number of benzene rings is 1. The van der Waals surface area contributed by atoms with Crippen LogP contribution in [0.2, 0.25) is 0 Å². The van der Waals surface area contributed by atoms with Crippen molar-refractivity contribution in [3.05, 3.63) is 18.2 Å². The molecule has 6 heteroatoms. The van der Waals surface area contributed by atoms with E-state index in [2.05, 4.69) is 17.1 Å². The highest BCUT2D eigenvalue weighted by Gasteiger charge is 2.21. The third kappa shape index (κ3) is 5.03. The molecule has 1 fully saturated rings. The molecule has 134 valence electrons. The van der Waals surface area contributed by atoms with Crippen molar-refractivity contribution in [3.8, 4) is 11.5 Å². The minimum Gasteiger partial charge on any atom is -0.493 e. The quantitative estimate of drug-likeness (QED) is 0.778. The number of piperazine rings is 1. The second kappa shape index (κ2) is 9.37. The van der Waals surface area contributed by atoms with Gasteiger partial charge in [0.05, 0.1) is 14.2 Å². The standard InChI is InChI=1S/C18H29N3O3/c1-4-5-6-9-20-10-12-21(13-11-20)18(22)19-15-7-8-16(23-2)17(14-15)24-3/h7-8,14H,4-6,9-13H2,1-3H3,(H,19,22). The summed E-state index contributed by atoms with van der Waals surface area (Å²) in [5.74, 6) is 1.26. The number of carbonyl (C=O) groups is 1. The molecule has 1 aliphatic rings. The Bertz CT molecular complexity index is 528. The van der Waals surface area contributed by atoms with Crippen LogP contribution < -0.4 is 14.8 Å². The Morgan fingerprint density at radius 1 is 1.08 bits per heavy atom. The van der Waals surface area contributed by atoms with Crippen LogP contribution in [0.25, 0.3) is 0 Å². The van der Waals surface area contributed by atoms with Gasteiger partial charge in [-0.25, -0.2) is 4.79 Å². The predicted octanol–water partition coefficient (Wildman–Crippen LogP) is 3.04. The molecule has 1 N–H and O–H groups in total. The van der Waals surface area contributed by atoms with Crippen LogP contribution in [0.5, 0.6) is 11.5 Å². The van der Waals surface area contributed by atoms with Crippen LogP contribution in [0.3, 0.4) is 0 Å². The molecule has 0 aromatic heterocycles. The number of ether oxygens (including phenoxy) is 2. The van der Waals surface area contributed by atoms with Crippen molar-refractivity contribution in [1.82, 2.24) is 9.80 Å². The molecule has 24 heavy (non-hydrogen) atoms. The lowest BCUT2D eigenvalue weighted by molar-refractivity contribution is 0.146. The number of unbranched alkanes of at least 4 members (excludes halogenated alkanes) is 2. The fraction of sp³-hybridized carbons (Fsp3) is 0.611. The van der Waals surface area contributed by atoms with Gasteiger partial charge in [-0.3, -0.25) is 4.90 Å². The Morgan fingerprint density at radius 2 is 1.79 bits per heavy atom. The number of methoxy groups -OCH3 is 2. The Labute approximate surface area is 144 Å². The van der Waals surface area contributed by atoms with Crippen molar-refractivity contribution >= 4 is 11.7 Å². The molecule has 2 rings (SSSR count). The summed E-state index contributed by atoms with van der Waals surface area (Å²) in [6, 6.07) is 5.33. The number of rotatable bonds is 7. The second-order valence-corrected chi connectivity index (χ2v) is 6.04. The summed E-state index contributed by atoms with van der Waals surface area (Å²) < 4.78 is 10.5. The maximum absolute atomic E-state index is 12.4. The summed E-state index contributed by atoms with van der Waals surface area (Å²) in [7, 11) is 3.18. The Morgan fingerprint density at radius 3 is 2.42 bits per heavy atom. The minimum absolute atomic E-state index is 0.0598. The monoisotopic (exact) mass is 335 g/mol. The van der Waals surface area contributed by atoms with Gasteiger partial charge >= 0.3 is 6.03 Å². The molecule has 1 aromatic rings. The number of anilines is 1. The number of amides is 2. The van der Waals surface area contributed by atoms with E-state index in [-0.39, 0.29) is 6.03 Å². The van der Waals surface area contributed by atoms with E-state index in [1.165, 1.54) is 19.3 Å². The lowest BCUT2D eigenvalue weighted by Gasteiger charge is -2.34. The van der Waals surface area contributed by atoms with E-state index in [1.807, 2.05) is 11.0 Å². The van der Waals surface area contributed by atoms with Gasteiger partial charge in [-0.2, -0.15) is 0 Å². The van der Waals surface area contributed by atoms with E-state index in [0.29, 0.717) is 17.2 Å². The van der Waals surface area contributed by atoms with Crippen LogP contribution in [0, 0.1) is 0 Å². The van der Waals surface area contributed by atoms with E-state index in [4.69, 9.17) is 9.47 Å². The molecule has 6 nitrogen and oxygen atoms in total. The number of carbonyl (C=O) groups excluding carboxylic acids is 1.